The minimum Gasteiger partial charge on any atom is -0.480 e. The van der Waals surface area contributed by atoms with Crippen LogP contribution in [0.3, 0.4) is 0 Å². The normalized spacial score (nSPS) is 13.9. The lowest BCUT2D eigenvalue weighted by Gasteiger charge is -2.26. The van der Waals surface area contributed by atoms with E-state index in [9.17, 15) is 14.7 Å². The molecule has 1 N–H and O–H groups in total. The molecule has 0 heterocycles. The molecule has 0 saturated carbocycles. The van der Waals surface area contributed by atoms with Crippen molar-refractivity contribution in [3.8, 4) is 0 Å². The third-order valence-corrected chi connectivity index (χ3v) is 8.46. The van der Waals surface area contributed by atoms with Gasteiger partial charge in [0.15, 0.2) is 0 Å². The molecule has 0 aliphatic carbocycles. The Kier molecular flexibility index (Phi) is 8.98. The van der Waals surface area contributed by atoms with E-state index in [1.54, 1.807) is 17.8 Å². The molecule has 0 aliphatic heterocycles. The highest BCUT2D eigenvalue weighted by Gasteiger charge is 2.29. The van der Waals surface area contributed by atoms with Crippen LogP contribution in [0.25, 0.3) is 0 Å². The summed E-state index contributed by atoms with van der Waals surface area (Å²) in [6.07, 6.45) is 0. The molecule has 4 nitrogen and oxygen atoms in total. The Balaban J connectivity index is 4.51. The summed E-state index contributed by atoms with van der Waals surface area (Å²) in [5.41, 5.74) is 0. The van der Waals surface area contributed by atoms with Gasteiger partial charge in [-0.05, 0) is 0 Å². The zero-order valence-corrected chi connectivity index (χ0v) is 16.9. The minimum atomic E-state index is -0.964. The van der Waals surface area contributed by atoms with Gasteiger partial charge in [-0.15, -0.1) is 0 Å². The molecule has 0 spiro atoms. The quantitative estimate of drug-likeness (QED) is 0.670. The predicted octanol–water partition coefficient (Wildman–Crippen LogP) is 4.85. The Hall–Kier alpha value is 0.340. The Bertz CT molecular complexity index is 363. The summed E-state index contributed by atoms with van der Waals surface area (Å²) >= 11 is 0. The van der Waals surface area contributed by atoms with Crippen molar-refractivity contribution in [1.82, 2.24) is 4.90 Å². The van der Waals surface area contributed by atoms with Gasteiger partial charge in [0.2, 0.25) is 0 Å². The van der Waals surface area contributed by atoms with Crippen LogP contribution in [0.15, 0.2) is 0 Å². The van der Waals surface area contributed by atoms with Crippen molar-refractivity contribution in [2.24, 2.45) is 0 Å². The monoisotopic (exact) mass is 371 g/mol. The summed E-state index contributed by atoms with van der Waals surface area (Å²) in [6, 6.07) is -0.801. The number of hydrogen-bond donors (Lipinski definition) is 1. The lowest BCUT2D eigenvalue weighted by molar-refractivity contribution is -0.140. The summed E-state index contributed by atoms with van der Waals surface area (Å²) in [5, 5.41) is 9.10. The van der Waals surface area contributed by atoms with Gasteiger partial charge in [0.25, 0.3) is 5.24 Å². The summed E-state index contributed by atoms with van der Waals surface area (Å²) in [6.45, 7) is 12.3. The highest BCUT2D eigenvalue weighted by atomic mass is 33.1. The number of amides is 1. The SMILES string of the molecule is CN(C(=O)SSC(C)(C)C)C(CSSC(C)(C)C)C(=O)O. The first-order chi connectivity index (χ1) is 9.33. The number of likely N-dealkylation sites (N-methyl/N-ethyl adjacent to an activating group) is 1. The van der Waals surface area contributed by atoms with Crippen LogP contribution in [0.2, 0.25) is 0 Å². The van der Waals surface area contributed by atoms with Crippen molar-refractivity contribution >= 4 is 54.4 Å². The zero-order chi connectivity index (χ0) is 16.8. The molecule has 0 radical (unpaired) electrons. The van der Waals surface area contributed by atoms with Gasteiger partial charge in [-0.3, -0.25) is 4.79 Å². The summed E-state index contributed by atoms with van der Waals surface area (Å²) in [7, 11) is 7.22. The van der Waals surface area contributed by atoms with Gasteiger partial charge >= 0.3 is 5.97 Å². The number of hydrogen-bond acceptors (Lipinski definition) is 6. The number of carbonyl (C=O) groups excluding carboxylic acids is 1. The number of rotatable bonds is 6. The Morgan fingerprint density at radius 2 is 1.52 bits per heavy atom. The smallest absolute Gasteiger partial charge is 0.327 e. The molecular weight excluding hydrogens is 346 g/mol. The number of carbonyl (C=O) groups is 2. The van der Waals surface area contributed by atoms with Crippen molar-refractivity contribution in [3.05, 3.63) is 0 Å². The molecule has 0 aromatic carbocycles. The molecular formula is C13H25NO3S4. The van der Waals surface area contributed by atoms with Crippen molar-refractivity contribution in [3.63, 3.8) is 0 Å². The standard InChI is InChI=1S/C13H25NO3S4/c1-12(2,3)20-18-8-9(10(15)16)14(7)11(17)19-21-13(4,5)6/h9H,8H2,1-7H3,(H,15,16). The second kappa shape index (κ2) is 8.84. The lowest BCUT2D eigenvalue weighted by atomic mass is 10.3. The third kappa shape index (κ3) is 10.7. The molecule has 0 fully saturated rings. The second-order valence-electron chi connectivity index (χ2n) is 6.49. The van der Waals surface area contributed by atoms with Crippen LogP contribution in [-0.4, -0.2) is 49.6 Å². The van der Waals surface area contributed by atoms with Gasteiger partial charge < -0.3 is 10.0 Å². The first kappa shape index (κ1) is 21.3. The van der Waals surface area contributed by atoms with Crippen LogP contribution in [0.1, 0.15) is 41.5 Å². The molecule has 0 aromatic heterocycles. The fraction of sp³-hybridized carbons (Fsp3) is 0.846. The van der Waals surface area contributed by atoms with Crippen molar-refractivity contribution in [1.29, 1.82) is 0 Å². The summed E-state index contributed by atoms with van der Waals surface area (Å²) in [5.74, 6) is -0.588. The van der Waals surface area contributed by atoms with Gasteiger partial charge in [-0.1, -0.05) is 73.9 Å². The predicted molar refractivity (Wildman–Crippen MR) is 99.3 cm³/mol. The van der Waals surface area contributed by atoms with Crippen molar-refractivity contribution < 1.29 is 14.7 Å². The molecule has 0 saturated heterocycles. The molecule has 0 rings (SSSR count). The molecule has 1 amide bonds. The van der Waals surface area contributed by atoms with Crippen LogP contribution in [0.5, 0.6) is 0 Å². The topological polar surface area (TPSA) is 57.6 Å². The Labute approximate surface area is 143 Å². The highest BCUT2D eigenvalue weighted by Crippen LogP contribution is 2.38. The van der Waals surface area contributed by atoms with Gasteiger partial charge in [0.05, 0.1) is 0 Å². The Morgan fingerprint density at radius 3 is 1.90 bits per heavy atom. The van der Waals surface area contributed by atoms with E-state index in [1.165, 1.54) is 26.5 Å². The first-order valence-electron chi connectivity index (χ1n) is 6.49. The average molecular weight is 372 g/mol. The van der Waals surface area contributed by atoms with E-state index in [2.05, 4.69) is 20.8 Å². The minimum absolute atomic E-state index is 0.0449. The second-order valence-corrected chi connectivity index (χ2v) is 12.6. The van der Waals surface area contributed by atoms with E-state index >= 15 is 0 Å². The molecule has 0 aromatic rings. The van der Waals surface area contributed by atoms with Crippen LogP contribution < -0.4 is 0 Å². The van der Waals surface area contributed by atoms with E-state index < -0.39 is 12.0 Å². The first-order valence-corrected chi connectivity index (χ1v) is 11.0. The van der Waals surface area contributed by atoms with Crippen LogP contribution in [0, 0.1) is 0 Å². The molecule has 1 unspecified atom stereocenters. The molecule has 0 aliphatic rings. The van der Waals surface area contributed by atoms with Crippen molar-refractivity contribution in [2.75, 3.05) is 12.8 Å². The summed E-state index contributed by atoms with van der Waals surface area (Å²) in [4.78, 5) is 24.8. The van der Waals surface area contributed by atoms with Gasteiger partial charge in [0.1, 0.15) is 6.04 Å². The largest absolute Gasteiger partial charge is 0.480 e. The number of carboxylic acid groups (broad SMARTS) is 1. The average Bonchev–Trinajstić information content (AvgIpc) is 2.28. The van der Waals surface area contributed by atoms with E-state index in [0.29, 0.717) is 5.75 Å². The van der Waals surface area contributed by atoms with Gasteiger partial charge in [0, 0.05) is 33.1 Å². The van der Waals surface area contributed by atoms with E-state index in [0.717, 1.165) is 10.8 Å². The van der Waals surface area contributed by atoms with E-state index in [-0.39, 0.29) is 14.7 Å². The molecule has 8 heteroatoms. The Morgan fingerprint density at radius 1 is 1.05 bits per heavy atom. The molecule has 124 valence electrons. The maximum atomic E-state index is 12.1. The van der Waals surface area contributed by atoms with E-state index in [1.807, 2.05) is 20.8 Å². The van der Waals surface area contributed by atoms with E-state index in [4.69, 9.17) is 0 Å². The van der Waals surface area contributed by atoms with Crippen LogP contribution in [0.4, 0.5) is 4.79 Å². The number of nitrogens with zero attached hydrogens (tertiary/aromatic N) is 1. The summed E-state index contributed by atoms with van der Waals surface area (Å²) < 4.78 is 0.0177. The maximum Gasteiger partial charge on any atom is 0.327 e. The zero-order valence-electron chi connectivity index (χ0n) is 13.6. The van der Waals surface area contributed by atoms with Crippen LogP contribution >= 0.6 is 43.2 Å². The molecule has 1 atom stereocenters. The van der Waals surface area contributed by atoms with Gasteiger partial charge in [-0.25, -0.2) is 4.79 Å². The maximum absolute atomic E-state index is 12.1. The highest BCUT2D eigenvalue weighted by molar-refractivity contribution is 8.82. The molecule has 0 bridgehead atoms. The van der Waals surface area contributed by atoms with Crippen LogP contribution in [-0.2, 0) is 4.79 Å². The third-order valence-electron chi connectivity index (χ3n) is 1.94. The fourth-order valence-electron chi connectivity index (χ4n) is 0.971. The number of carboxylic acids is 1. The van der Waals surface area contributed by atoms with Gasteiger partial charge in [-0.2, -0.15) is 0 Å². The van der Waals surface area contributed by atoms with Crippen molar-refractivity contribution in [2.45, 2.75) is 57.1 Å². The number of aliphatic carboxylic acids is 1. The fourth-order valence-corrected chi connectivity index (χ4v) is 5.42. The molecule has 21 heavy (non-hydrogen) atoms. The lowest BCUT2D eigenvalue weighted by Crippen LogP contribution is -2.42.